The van der Waals surface area contributed by atoms with Crippen LogP contribution in [0.2, 0.25) is 0 Å². The third-order valence-electron chi connectivity index (χ3n) is 4.19. The summed E-state index contributed by atoms with van der Waals surface area (Å²) in [4.78, 5) is 25.4. The van der Waals surface area contributed by atoms with E-state index in [0.717, 1.165) is 24.2 Å². The number of nitrogens with zero attached hydrogens (tertiary/aromatic N) is 1. The van der Waals surface area contributed by atoms with E-state index in [2.05, 4.69) is 10.6 Å². The van der Waals surface area contributed by atoms with E-state index in [9.17, 15) is 14.0 Å². The number of rotatable bonds is 4. The Morgan fingerprint density at radius 1 is 1.20 bits per heavy atom. The molecule has 1 saturated heterocycles. The molecule has 130 valence electrons. The van der Waals surface area contributed by atoms with Crippen LogP contribution in [0.5, 0.6) is 0 Å². The zero-order valence-corrected chi connectivity index (χ0v) is 14.0. The van der Waals surface area contributed by atoms with Crippen molar-refractivity contribution < 1.29 is 14.0 Å². The van der Waals surface area contributed by atoms with Crippen LogP contribution in [0.15, 0.2) is 42.5 Å². The number of anilines is 2. The summed E-state index contributed by atoms with van der Waals surface area (Å²) in [7, 11) is 0. The van der Waals surface area contributed by atoms with Gasteiger partial charge >= 0.3 is 6.03 Å². The van der Waals surface area contributed by atoms with Crippen molar-refractivity contribution in [2.75, 3.05) is 16.8 Å². The van der Waals surface area contributed by atoms with Gasteiger partial charge < -0.3 is 15.5 Å². The molecule has 0 saturated carbocycles. The lowest BCUT2D eigenvalue weighted by Crippen LogP contribution is -2.28. The summed E-state index contributed by atoms with van der Waals surface area (Å²) < 4.78 is 13.2. The zero-order chi connectivity index (χ0) is 17.8. The van der Waals surface area contributed by atoms with E-state index in [1.165, 1.54) is 6.07 Å². The van der Waals surface area contributed by atoms with Gasteiger partial charge in [0.2, 0.25) is 5.91 Å². The first-order valence-corrected chi connectivity index (χ1v) is 8.23. The monoisotopic (exact) mass is 341 g/mol. The number of amides is 3. The topological polar surface area (TPSA) is 61.4 Å². The molecule has 0 aromatic heterocycles. The van der Waals surface area contributed by atoms with Gasteiger partial charge in [-0.05, 0) is 54.8 Å². The summed E-state index contributed by atoms with van der Waals surface area (Å²) in [6.07, 6.45) is 1.47. The molecule has 0 unspecified atom stereocenters. The number of aryl methyl sites for hydroxylation is 1. The van der Waals surface area contributed by atoms with E-state index in [1.54, 1.807) is 36.1 Å². The van der Waals surface area contributed by atoms with Crippen LogP contribution in [0.3, 0.4) is 0 Å². The molecule has 3 rings (SSSR count). The van der Waals surface area contributed by atoms with Crippen molar-refractivity contribution in [3.05, 3.63) is 59.4 Å². The van der Waals surface area contributed by atoms with E-state index >= 15 is 0 Å². The van der Waals surface area contributed by atoms with Gasteiger partial charge in [0.25, 0.3) is 0 Å². The number of urea groups is 1. The van der Waals surface area contributed by atoms with E-state index < -0.39 is 0 Å². The summed E-state index contributed by atoms with van der Waals surface area (Å²) in [6, 6.07) is 11.6. The molecule has 0 radical (unpaired) electrons. The molecule has 0 spiro atoms. The Morgan fingerprint density at radius 3 is 2.60 bits per heavy atom. The Balaban J connectivity index is 1.54. The van der Waals surface area contributed by atoms with Crippen LogP contribution in [0.25, 0.3) is 0 Å². The van der Waals surface area contributed by atoms with E-state index in [1.807, 2.05) is 12.1 Å². The Labute approximate surface area is 145 Å². The molecule has 25 heavy (non-hydrogen) atoms. The van der Waals surface area contributed by atoms with Crippen molar-refractivity contribution in [3.8, 4) is 0 Å². The van der Waals surface area contributed by atoms with Crippen molar-refractivity contribution in [3.63, 3.8) is 0 Å². The maximum Gasteiger partial charge on any atom is 0.319 e. The molecule has 5 nitrogen and oxygen atoms in total. The third-order valence-corrected chi connectivity index (χ3v) is 4.19. The van der Waals surface area contributed by atoms with Crippen molar-refractivity contribution >= 4 is 23.3 Å². The number of nitrogens with one attached hydrogen (secondary N) is 2. The molecule has 6 heteroatoms. The van der Waals surface area contributed by atoms with Gasteiger partial charge in [0, 0.05) is 30.9 Å². The first kappa shape index (κ1) is 17.0. The number of benzene rings is 2. The minimum Gasteiger partial charge on any atom is -0.334 e. The van der Waals surface area contributed by atoms with Crippen LogP contribution >= 0.6 is 0 Å². The molecule has 3 amide bonds. The van der Waals surface area contributed by atoms with Crippen molar-refractivity contribution in [1.82, 2.24) is 5.32 Å². The quantitative estimate of drug-likeness (QED) is 0.893. The van der Waals surface area contributed by atoms with Crippen molar-refractivity contribution in [2.24, 2.45) is 0 Å². The number of halogens is 1. The Hall–Kier alpha value is -2.89. The first-order valence-electron chi connectivity index (χ1n) is 8.23. The lowest BCUT2D eigenvalue weighted by atomic mass is 10.1. The summed E-state index contributed by atoms with van der Waals surface area (Å²) in [6.45, 7) is 2.74. The average Bonchev–Trinajstić information content (AvgIpc) is 3.03. The maximum atomic E-state index is 13.2. The molecule has 1 fully saturated rings. The summed E-state index contributed by atoms with van der Waals surface area (Å²) >= 11 is 0. The van der Waals surface area contributed by atoms with Crippen LogP contribution in [-0.2, 0) is 11.3 Å². The molecular weight excluding hydrogens is 321 g/mol. The van der Waals surface area contributed by atoms with Gasteiger partial charge in [-0.1, -0.05) is 12.1 Å². The molecule has 2 aromatic rings. The summed E-state index contributed by atoms with van der Waals surface area (Å²) in [5, 5.41) is 5.47. The van der Waals surface area contributed by atoms with E-state index in [0.29, 0.717) is 24.2 Å². The van der Waals surface area contributed by atoms with Gasteiger partial charge in [0.15, 0.2) is 0 Å². The second-order valence-electron chi connectivity index (χ2n) is 6.09. The highest BCUT2D eigenvalue weighted by Crippen LogP contribution is 2.23. The minimum absolute atomic E-state index is 0.132. The summed E-state index contributed by atoms with van der Waals surface area (Å²) in [5.74, 6) is -0.127. The largest absolute Gasteiger partial charge is 0.334 e. The van der Waals surface area contributed by atoms with Gasteiger partial charge in [-0.2, -0.15) is 0 Å². The number of carbonyl (C=O) groups excluding carboxylic acids is 2. The molecular formula is C19H20FN3O2. The molecule has 2 N–H and O–H groups in total. The van der Waals surface area contributed by atoms with Gasteiger partial charge in [0.1, 0.15) is 5.82 Å². The van der Waals surface area contributed by atoms with Crippen LogP contribution in [0, 0.1) is 12.7 Å². The molecule has 2 aromatic carbocycles. The number of hydrogen-bond acceptors (Lipinski definition) is 2. The van der Waals surface area contributed by atoms with Crippen LogP contribution in [0.1, 0.15) is 24.0 Å². The van der Waals surface area contributed by atoms with Crippen molar-refractivity contribution in [2.45, 2.75) is 26.3 Å². The molecule has 1 aliphatic heterocycles. The van der Waals surface area contributed by atoms with Gasteiger partial charge in [-0.3, -0.25) is 4.79 Å². The fourth-order valence-electron chi connectivity index (χ4n) is 2.82. The Morgan fingerprint density at radius 2 is 1.96 bits per heavy atom. The molecule has 0 aliphatic carbocycles. The minimum atomic E-state index is -0.341. The van der Waals surface area contributed by atoms with Gasteiger partial charge in [-0.15, -0.1) is 0 Å². The molecule has 1 heterocycles. The Bertz CT molecular complexity index is 790. The van der Waals surface area contributed by atoms with Crippen LogP contribution < -0.4 is 15.5 Å². The normalized spacial score (nSPS) is 13.8. The third kappa shape index (κ3) is 4.15. The molecule has 0 bridgehead atoms. The van der Waals surface area contributed by atoms with E-state index in [4.69, 9.17) is 0 Å². The summed E-state index contributed by atoms with van der Waals surface area (Å²) in [5.41, 5.74) is 2.86. The van der Waals surface area contributed by atoms with Crippen LogP contribution in [-0.4, -0.2) is 18.5 Å². The fraction of sp³-hybridized carbons (Fsp3) is 0.263. The predicted octanol–water partition coefficient (Wildman–Crippen LogP) is 3.58. The van der Waals surface area contributed by atoms with E-state index in [-0.39, 0.29) is 17.8 Å². The predicted molar refractivity (Wildman–Crippen MR) is 95.0 cm³/mol. The fourth-order valence-corrected chi connectivity index (χ4v) is 2.82. The van der Waals surface area contributed by atoms with Gasteiger partial charge in [-0.25, -0.2) is 9.18 Å². The molecule has 1 aliphatic rings. The zero-order valence-electron chi connectivity index (χ0n) is 14.0. The van der Waals surface area contributed by atoms with Crippen LogP contribution in [0.4, 0.5) is 20.6 Å². The van der Waals surface area contributed by atoms with Crippen molar-refractivity contribution in [1.29, 1.82) is 0 Å². The highest BCUT2D eigenvalue weighted by atomic mass is 19.1. The smallest absolute Gasteiger partial charge is 0.319 e. The SMILES string of the molecule is Cc1cc(CNC(=O)Nc2ccc(N3CCCC3=O)cc2)ccc1F. The lowest BCUT2D eigenvalue weighted by molar-refractivity contribution is -0.117. The highest BCUT2D eigenvalue weighted by Gasteiger charge is 2.21. The average molecular weight is 341 g/mol. The molecule has 0 atom stereocenters. The maximum absolute atomic E-state index is 13.2. The second-order valence-corrected chi connectivity index (χ2v) is 6.09. The standard InChI is InChI=1S/C19H20FN3O2/c1-13-11-14(4-9-17(13)20)12-21-19(25)22-15-5-7-16(8-6-15)23-10-2-3-18(23)24/h4-9,11H,2-3,10,12H2,1H3,(H2,21,22,25). The number of carbonyl (C=O) groups is 2. The second kappa shape index (κ2) is 7.34. The van der Waals surface area contributed by atoms with Gasteiger partial charge in [0.05, 0.1) is 0 Å². The highest BCUT2D eigenvalue weighted by molar-refractivity contribution is 5.96. The number of hydrogen-bond donors (Lipinski definition) is 2. The first-order chi connectivity index (χ1) is 12.0. The Kier molecular flexibility index (Phi) is 4.97. The lowest BCUT2D eigenvalue weighted by Gasteiger charge is -2.16.